The number of aliphatic hydroxyl groups is 1. The number of halogens is 1. The summed E-state index contributed by atoms with van der Waals surface area (Å²) >= 11 is 0. The summed E-state index contributed by atoms with van der Waals surface area (Å²) in [6.07, 6.45) is 1.23. The quantitative estimate of drug-likeness (QED) is 0.846. The molecule has 2 fully saturated rings. The molecule has 0 saturated carbocycles. The fourth-order valence-corrected chi connectivity index (χ4v) is 5.52. The maximum absolute atomic E-state index is 13.2. The fourth-order valence-electron chi connectivity index (χ4n) is 4.60. The zero-order chi connectivity index (χ0) is 19.2. The summed E-state index contributed by atoms with van der Waals surface area (Å²) in [5.74, 6) is -0.230. The van der Waals surface area contributed by atoms with E-state index in [1.54, 1.807) is 12.1 Å². The molecule has 144 valence electrons. The Hall–Kier alpha value is -1.80. The molecule has 0 bridgehead atoms. The van der Waals surface area contributed by atoms with Crippen LogP contribution in [0.15, 0.2) is 54.6 Å². The van der Waals surface area contributed by atoms with Crippen LogP contribution < -0.4 is 0 Å². The van der Waals surface area contributed by atoms with Crippen molar-refractivity contribution in [3.63, 3.8) is 0 Å². The lowest BCUT2D eigenvalue weighted by molar-refractivity contribution is -0.175. The third-order valence-corrected chi connectivity index (χ3v) is 7.11. The summed E-state index contributed by atoms with van der Waals surface area (Å²) in [5.41, 5.74) is 1.71. The first-order valence-corrected chi connectivity index (χ1v) is 10.8. The predicted octanol–water partition coefficient (Wildman–Crippen LogP) is 1.80. The third-order valence-electron chi connectivity index (χ3n) is 5.92. The Balaban J connectivity index is 1.66. The van der Waals surface area contributed by atoms with Crippen molar-refractivity contribution in [2.45, 2.75) is 24.0 Å². The standard InChI is InChI=1S/C20H23FN2O3S/c1-27(25,26)22-13-20(14-22)19(16-5-3-2-4-6-16)18(12-24)23(20)11-15-7-9-17(21)10-8-15/h2-10,18-19,24H,11-14H2,1H3/t18-,19-/m1/s1. The Morgan fingerprint density at radius 1 is 1.11 bits per heavy atom. The van der Waals surface area contributed by atoms with Crippen LogP contribution in [0.2, 0.25) is 0 Å². The number of rotatable bonds is 5. The Kier molecular flexibility index (Phi) is 4.58. The normalized spacial score (nSPS) is 25.1. The van der Waals surface area contributed by atoms with Crippen molar-refractivity contribution >= 4 is 10.0 Å². The molecular formula is C20H23FN2O3S. The minimum Gasteiger partial charge on any atom is -0.395 e. The summed E-state index contributed by atoms with van der Waals surface area (Å²) in [5, 5.41) is 10.1. The molecule has 1 N–H and O–H groups in total. The maximum Gasteiger partial charge on any atom is 0.211 e. The number of aliphatic hydroxyl groups excluding tert-OH is 1. The van der Waals surface area contributed by atoms with E-state index in [4.69, 9.17) is 0 Å². The van der Waals surface area contributed by atoms with Gasteiger partial charge in [0, 0.05) is 31.6 Å². The molecule has 5 nitrogen and oxygen atoms in total. The number of benzene rings is 2. The largest absolute Gasteiger partial charge is 0.395 e. The molecule has 0 radical (unpaired) electrons. The molecule has 2 atom stereocenters. The van der Waals surface area contributed by atoms with E-state index in [1.807, 2.05) is 30.3 Å². The summed E-state index contributed by atoms with van der Waals surface area (Å²) in [7, 11) is -3.25. The van der Waals surface area contributed by atoms with Gasteiger partial charge in [0.05, 0.1) is 18.4 Å². The second kappa shape index (κ2) is 6.67. The van der Waals surface area contributed by atoms with E-state index in [-0.39, 0.29) is 29.9 Å². The third kappa shape index (κ3) is 3.08. The molecule has 4 rings (SSSR count). The lowest BCUT2D eigenvalue weighted by Gasteiger charge is -2.70. The molecule has 0 unspecified atom stereocenters. The van der Waals surface area contributed by atoms with Crippen molar-refractivity contribution in [3.8, 4) is 0 Å². The van der Waals surface area contributed by atoms with E-state index in [0.29, 0.717) is 19.6 Å². The van der Waals surface area contributed by atoms with Gasteiger partial charge >= 0.3 is 0 Å². The number of sulfonamides is 1. The van der Waals surface area contributed by atoms with Crippen molar-refractivity contribution < 1.29 is 17.9 Å². The van der Waals surface area contributed by atoms with Crippen LogP contribution in [0, 0.1) is 5.82 Å². The maximum atomic E-state index is 13.2. The zero-order valence-electron chi connectivity index (χ0n) is 15.1. The van der Waals surface area contributed by atoms with Crippen LogP contribution in [-0.2, 0) is 16.6 Å². The highest BCUT2D eigenvalue weighted by molar-refractivity contribution is 7.88. The van der Waals surface area contributed by atoms with Gasteiger partial charge in [0.25, 0.3) is 0 Å². The number of nitrogens with zero attached hydrogens (tertiary/aromatic N) is 2. The lowest BCUT2D eigenvalue weighted by Crippen LogP contribution is -2.84. The van der Waals surface area contributed by atoms with Gasteiger partial charge in [0.1, 0.15) is 5.82 Å². The van der Waals surface area contributed by atoms with Crippen molar-refractivity contribution in [2.24, 2.45) is 0 Å². The van der Waals surface area contributed by atoms with Gasteiger partial charge in [0.2, 0.25) is 10.0 Å². The first kappa shape index (κ1) is 18.6. The highest BCUT2D eigenvalue weighted by Gasteiger charge is 2.66. The lowest BCUT2D eigenvalue weighted by atomic mass is 9.61. The Labute approximate surface area is 159 Å². The van der Waals surface area contributed by atoms with E-state index >= 15 is 0 Å². The predicted molar refractivity (Wildman–Crippen MR) is 101 cm³/mol. The van der Waals surface area contributed by atoms with E-state index in [0.717, 1.165) is 11.1 Å². The Morgan fingerprint density at radius 3 is 2.30 bits per heavy atom. The zero-order valence-corrected chi connectivity index (χ0v) is 15.9. The molecule has 27 heavy (non-hydrogen) atoms. The van der Waals surface area contributed by atoms with Gasteiger partial charge in [-0.3, -0.25) is 4.90 Å². The smallest absolute Gasteiger partial charge is 0.211 e. The SMILES string of the molecule is CS(=O)(=O)N1CC2(C1)[C@H](c1ccccc1)[C@@H](CO)N2Cc1ccc(F)cc1. The second-order valence-electron chi connectivity index (χ2n) is 7.53. The van der Waals surface area contributed by atoms with Gasteiger partial charge in [0.15, 0.2) is 0 Å². The van der Waals surface area contributed by atoms with Crippen LogP contribution in [-0.4, -0.2) is 60.3 Å². The fraction of sp³-hybridized carbons (Fsp3) is 0.400. The minimum atomic E-state index is -3.25. The minimum absolute atomic E-state index is 0.0125. The number of hydrogen-bond donors (Lipinski definition) is 1. The average molecular weight is 390 g/mol. The van der Waals surface area contributed by atoms with Crippen LogP contribution >= 0.6 is 0 Å². The number of likely N-dealkylation sites (tertiary alicyclic amines) is 1. The second-order valence-corrected chi connectivity index (χ2v) is 9.51. The first-order chi connectivity index (χ1) is 12.8. The Bertz CT molecular complexity index is 912. The van der Waals surface area contributed by atoms with Crippen molar-refractivity contribution in [3.05, 3.63) is 71.5 Å². The van der Waals surface area contributed by atoms with Crippen LogP contribution in [0.5, 0.6) is 0 Å². The van der Waals surface area contributed by atoms with Gasteiger partial charge in [-0.25, -0.2) is 12.8 Å². The van der Waals surface area contributed by atoms with Crippen molar-refractivity contribution in [1.82, 2.24) is 9.21 Å². The molecular weight excluding hydrogens is 367 g/mol. The molecule has 2 heterocycles. The van der Waals surface area contributed by atoms with Crippen LogP contribution in [0.3, 0.4) is 0 Å². The van der Waals surface area contributed by atoms with Gasteiger partial charge in [-0.05, 0) is 23.3 Å². The molecule has 2 aliphatic heterocycles. The molecule has 2 aliphatic rings. The molecule has 0 amide bonds. The highest BCUT2D eigenvalue weighted by atomic mass is 32.2. The monoisotopic (exact) mass is 390 g/mol. The van der Waals surface area contributed by atoms with Gasteiger partial charge in [-0.1, -0.05) is 42.5 Å². The summed E-state index contributed by atoms with van der Waals surface area (Å²) in [4.78, 5) is 2.18. The van der Waals surface area contributed by atoms with Crippen molar-refractivity contribution in [1.29, 1.82) is 0 Å². The van der Waals surface area contributed by atoms with Crippen LogP contribution in [0.25, 0.3) is 0 Å². The molecule has 2 aromatic carbocycles. The van der Waals surface area contributed by atoms with Crippen molar-refractivity contribution in [2.75, 3.05) is 26.0 Å². The summed E-state index contributed by atoms with van der Waals surface area (Å²) in [6, 6.07) is 16.2. The van der Waals surface area contributed by atoms with Gasteiger partial charge < -0.3 is 5.11 Å². The first-order valence-electron chi connectivity index (χ1n) is 8.97. The topological polar surface area (TPSA) is 60.9 Å². The molecule has 7 heteroatoms. The average Bonchev–Trinajstić information content (AvgIpc) is 2.58. The molecule has 2 saturated heterocycles. The Morgan fingerprint density at radius 2 is 1.74 bits per heavy atom. The summed E-state index contributed by atoms with van der Waals surface area (Å²) < 4.78 is 38.6. The van der Waals surface area contributed by atoms with E-state index < -0.39 is 10.0 Å². The van der Waals surface area contributed by atoms with Crippen LogP contribution in [0.1, 0.15) is 17.0 Å². The molecule has 0 aliphatic carbocycles. The molecule has 1 spiro atoms. The molecule has 0 aromatic heterocycles. The van der Waals surface area contributed by atoms with Gasteiger partial charge in [-0.15, -0.1) is 0 Å². The highest BCUT2D eigenvalue weighted by Crippen LogP contribution is 2.54. The van der Waals surface area contributed by atoms with E-state index in [1.165, 1.54) is 22.7 Å². The van der Waals surface area contributed by atoms with Gasteiger partial charge in [-0.2, -0.15) is 4.31 Å². The van der Waals surface area contributed by atoms with Crippen LogP contribution in [0.4, 0.5) is 4.39 Å². The summed E-state index contributed by atoms with van der Waals surface area (Å²) in [6.45, 7) is 1.35. The van der Waals surface area contributed by atoms with E-state index in [9.17, 15) is 17.9 Å². The number of hydrogen-bond acceptors (Lipinski definition) is 4. The molecule has 2 aromatic rings. The van der Waals surface area contributed by atoms with E-state index in [2.05, 4.69) is 4.90 Å².